The van der Waals surface area contributed by atoms with Gasteiger partial charge in [0.2, 0.25) is 5.91 Å². The van der Waals surface area contributed by atoms with Crippen molar-refractivity contribution < 1.29 is 23.8 Å². The Morgan fingerprint density at radius 1 is 1.24 bits per heavy atom. The van der Waals surface area contributed by atoms with Crippen molar-refractivity contribution in [3.05, 3.63) is 24.3 Å². The van der Waals surface area contributed by atoms with Crippen LogP contribution in [0, 0.1) is 0 Å². The van der Waals surface area contributed by atoms with E-state index >= 15 is 0 Å². The molecule has 2 atom stereocenters. The number of ether oxygens (including phenoxy) is 3. The molecule has 8 nitrogen and oxygen atoms in total. The van der Waals surface area contributed by atoms with Gasteiger partial charge in [-0.1, -0.05) is 12.1 Å². The van der Waals surface area contributed by atoms with Crippen molar-refractivity contribution in [2.45, 2.75) is 51.4 Å². The fraction of sp³-hybridized carbons (Fsp3) is 0.619. The van der Waals surface area contributed by atoms with Gasteiger partial charge in [0.05, 0.1) is 0 Å². The van der Waals surface area contributed by atoms with E-state index < -0.39 is 11.7 Å². The van der Waals surface area contributed by atoms with Crippen molar-refractivity contribution in [1.29, 1.82) is 0 Å². The fourth-order valence-electron chi connectivity index (χ4n) is 3.53. The number of nitrogens with one attached hydrogen (secondary N) is 2. The summed E-state index contributed by atoms with van der Waals surface area (Å²) in [6, 6.07) is 7.73. The highest BCUT2D eigenvalue weighted by Gasteiger charge is 2.27. The van der Waals surface area contributed by atoms with Gasteiger partial charge in [-0.3, -0.25) is 9.69 Å². The van der Waals surface area contributed by atoms with Crippen LogP contribution < -0.4 is 20.1 Å². The molecule has 2 heterocycles. The zero-order valence-corrected chi connectivity index (χ0v) is 17.4. The number of amides is 2. The first-order chi connectivity index (χ1) is 13.8. The number of likely N-dealkylation sites (tertiary alicyclic amines) is 1. The monoisotopic (exact) mass is 405 g/mol. The number of alkyl carbamates (subject to hydrolysis) is 1. The lowest BCUT2D eigenvalue weighted by atomic mass is 10.1. The number of benzene rings is 1. The molecule has 0 radical (unpaired) electrons. The number of carbonyl (C=O) groups excluding carboxylic acids is 2. The van der Waals surface area contributed by atoms with Crippen molar-refractivity contribution in [2.75, 3.05) is 32.8 Å². The van der Waals surface area contributed by atoms with Crippen molar-refractivity contribution >= 4 is 12.0 Å². The Hall–Kier alpha value is -2.48. The average molecular weight is 405 g/mol. The predicted molar refractivity (Wildman–Crippen MR) is 108 cm³/mol. The van der Waals surface area contributed by atoms with Gasteiger partial charge in [0, 0.05) is 19.1 Å². The number of hydrogen-bond donors (Lipinski definition) is 2. The Morgan fingerprint density at radius 3 is 2.76 bits per heavy atom. The molecule has 1 aromatic rings. The van der Waals surface area contributed by atoms with Crippen LogP contribution in [0.25, 0.3) is 0 Å². The second-order valence-electron chi connectivity index (χ2n) is 8.52. The van der Waals surface area contributed by atoms with Crippen LogP contribution in [0.3, 0.4) is 0 Å². The van der Waals surface area contributed by atoms with Gasteiger partial charge in [-0.2, -0.15) is 0 Å². The number of hydrogen-bond acceptors (Lipinski definition) is 6. The van der Waals surface area contributed by atoms with E-state index in [9.17, 15) is 9.59 Å². The van der Waals surface area contributed by atoms with Crippen LogP contribution in [-0.4, -0.2) is 67.4 Å². The van der Waals surface area contributed by atoms with E-state index in [1.807, 2.05) is 24.3 Å². The highest BCUT2D eigenvalue weighted by atomic mass is 16.6. The van der Waals surface area contributed by atoms with E-state index in [1.165, 1.54) is 0 Å². The molecule has 0 unspecified atom stereocenters. The number of fused-ring (bicyclic) bond motifs is 1. The van der Waals surface area contributed by atoms with Crippen LogP contribution in [0.15, 0.2) is 24.3 Å². The first kappa shape index (κ1) is 21.2. The van der Waals surface area contributed by atoms with Gasteiger partial charge in [-0.25, -0.2) is 4.79 Å². The minimum Gasteiger partial charge on any atom is -0.486 e. The van der Waals surface area contributed by atoms with Gasteiger partial charge in [-0.05, 0) is 52.3 Å². The Bertz CT molecular complexity index is 719. The van der Waals surface area contributed by atoms with Crippen molar-refractivity contribution in [3.63, 3.8) is 0 Å². The lowest BCUT2D eigenvalue weighted by molar-refractivity contribution is -0.121. The average Bonchev–Trinajstić information content (AvgIpc) is 2.65. The number of nitrogens with zero attached hydrogens (tertiary/aromatic N) is 1. The van der Waals surface area contributed by atoms with Gasteiger partial charge >= 0.3 is 6.09 Å². The normalized spacial score (nSPS) is 21.9. The zero-order chi connectivity index (χ0) is 20.9. The summed E-state index contributed by atoms with van der Waals surface area (Å²) in [7, 11) is 0. The second kappa shape index (κ2) is 9.35. The van der Waals surface area contributed by atoms with Crippen LogP contribution in [0.5, 0.6) is 11.5 Å². The zero-order valence-electron chi connectivity index (χ0n) is 17.4. The Labute approximate surface area is 171 Å². The molecule has 2 N–H and O–H groups in total. The molecule has 1 saturated heterocycles. The molecule has 29 heavy (non-hydrogen) atoms. The summed E-state index contributed by atoms with van der Waals surface area (Å²) in [5, 5.41) is 5.49. The van der Waals surface area contributed by atoms with E-state index in [4.69, 9.17) is 14.2 Å². The predicted octanol–water partition coefficient (Wildman–Crippen LogP) is 1.93. The molecule has 0 bridgehead atoms. The minimum atomic E-state index is -0.590. The van der Waals surface area contributed by atoms with E-state index in [1.54, 1.807) is 20.8 Å². The molecule has 3 rings (SSSR count). The smallest absolute Gasteiger partial charge is 0.408 e. The highest BCUT2D eigenvalue weighted by molar-refractivity contribution is 5.82. The lowest BCUT2D eigenvalue weighted by Crippen LogP contribution is -2.52. The topological polar surface area (TPSA) is 89.1 Å². The van der Waals surface area contributed by atoms with Crippen molar-refractivity contribution in [3.8, 4) is 11.5 Å². The van der Waals surface area contributed by atoms with Crippen LogP contribution in [0.2, 0.25) is 0 Å². The van der Waals surface area contributed by atoms with E-state index in [-0.39, 0.29) is 24.6 Å². The first-order valence-corrected chi connectivity index (χ1v) is 10.2. The van der Waals surface area contributed by atoms with Gasteiger partial charge in [0.1, 0.15) is 24.9 Å². The fourth-order valence-corrected chi connectivity index (χ4v) is 3.53. The molecule has 160 valence electrons. The minimum absolute atomic E-state index is 0.0341. The molecule has 1 aromatic carbocycles. The molecule has 1 fully saturated rings. The number of para-hydroxylation sites is 2. The number of rotatable bonds is 5. The summed E-state index contributed by atoms with van der Waals surface area (Å²) < 4.78 is 17.0. The summed E-state index contributed by atoms with van der Waals surface area (Å²) in [5.41, 5.74) is -0.587. The summed E-state index contributed by atoms with van der Waals surface area (Å²) in [5.74, 6) is 1.35. The van der Waals surface area contributed by atoms with Crippen LogP contribution in [0.1, 0.15) is 33.6 Å². The molecule has 2 aliphatic heterocycles. The van der Waals surface area contributed by atoms with E-state index in [0.717, 1.165) is 44.0 Å². The first-order valence-electron chi connectivity index (χ1n) is 10.2. The van der Waals surface area contributed by atoms with E-state index in [2.05, 4.69) is 15.5 Å². The maximum atomic E-state index is 12.2. The van der Waals surface area contributed by atoms with Gasteiger partial charge in [0.25, 0.3) is 0 Å². The summed E-state index contributed by atoms with van der Waals surface area (Å²) >= 11 is 0. The standard InChI is InChI=1S/C21H31N3O5/c1-21(2,3)29-20(26)22-11-19(25)23-15-7-6-10-24(12-15)13-16-14-27-17-8-4-5-9-18(17)28-16/h4-5,8-9,15-16H,6-7,10-14H2,1-3H3,(H,22,26)(H,23,25)/t15-,16-/m0/s1. The summed E-state index contributed by atoms with van der Waals surface area (Å²) in [6.07, 6.45) is 1.29. The SMILES string of the molecule is CC(C)(C)OC(=O)NCC(=O)N[C@H]1CCCN(C[C@H]2COc3ccccc3O2)C1. The second-order valence-corrected chi connectivity index (χ2v) is 8.52. The van der Waals surface area contributed by atoms with E-state index in [0.29, 0.717) is 6.61 Å². The maximum Gasteiger partial charge on any atom is 0.408 e. The lowest BCUT2D eigenvalue weighted by Gasteiger charge is -2.36. The Kier molecular flexibility index (Phi) is 6.84. The molecular weight excluding hydrogens is 374 g/mol. The largest absolute Gasteiger partial charge is 0.486 e. The van der Waals surface area contributed by atoms with Gasteiger partial charge in [-0.15, -0.1) is 0 Å². The Morgan fingerprint density at radius 2 is 2.00 bits per heavy atom. The maximum absolute atomic E-state index is 12.2. The van der Waals surface area contributed by atoms with Gasteiger partial charge < -0.3 is 24.8 Å². The summed E-state index contributed by atoms with van der Waals surface area (Å²) in [4.78, 5) is 26.1. The molecule has 0 spiro atoms. The van der Waals surface area contributed by atoms with Crippen LogP contribution in [-0.2, 0) is 9.53 Å². The summed E-state index contributed by atoms with van der Waals surface area (Å²) in [6.45, 7) is 8.22. The Balaban J connectivity index is 1.40. The number of piperidine rings is 1. The molecule has 0 aromatic heterocycles. The third-order valence-electron chi connectivity index (χ3n) is 4.69. The third kappa shape index (κ3) is 6.81. The van der Waals surface area contributed by atoms with Gasteiger partial charge in [0.15, 0.2) is 11.5 Å². The number of carbonyl (C=O) groups is 2. The molecule has 2 amide bonds. The van der Waals surface area contributed by atoms with Crippen LogP contribution >= 0.6 is 0 Å². The highest BCUT2D eigenvalue weighted by Crippen LogP contribution is 2.31. The molecule has 0 aliphatic carbocycles. The van der Waals surface area contributed by atoms with Crippen molar-refractivity contribution in [1.82, 2.24) is 15.5 Å². The molecule has 2 aliphatic rings. The molecule has 8 heteroatoms. The quantitative estimate of drug-likeness (QED) is 0.778. The van der Waals surface area contributed by atoms with Crippen LogP contribution in [0.4, 0.5) is 4.79 Å². The third-order valence-corrected chi connectivity index (χ3v) is 4.69. The molecular formula is C21H31N3O5. The van der Waals surface area contributed by atoms with Crippen molar-refractivity contribution in [2.24, 2.45) is 0 Å². The molecule has 0 saturated carbocycles.